The minimum Gasteiger partial charge on any atom is -0.359 e. The molecule has 3 N–H and O–H groups in total. The lowest BCUT2D eigenvalue weighted by Crippen LogP contribution is -2.30. The van der Waals surface area contributed by atoms with Gasteiger partial charge in [0.05, 0.1) is 0 Å². The Bertz CT molecular complexity index is 713. The fourth-order valence-electron chi connectivity index (χ4n) is 2.44. The van der Waals surface area contributed by atoms with Crippen LogP contribution in [0.1, 0.15) is 41.3 Å². The molecule has 3 rings (SSSR count). The zero-order valence-electron chi connectivity index (χ0n) is 11.4. The van der Waals surface area contributed by atoms with Crippen LogP contribution >= 0.6 is 0 Å². The first-order valence-electron chi connectivity index (χ1n) is 6.82. The van der Waals surface area contributed by atoms with Crippen molar-refractivity contribution >= 4 is 5.91 Å². The van der Waals surface area contributed by atoms with Crippen LogP contribution in [0.5, 0.6) is 0 Å². The average molecular weight is 292 g/mol. The van der Waals surface area contributed by atoms with E-state index in [0.717, 1.165) is 31.5 Å². The smallest absolute Gasteiger partial charge is 0.346 e. The molecule has 112 valence electrons. The average Bonchev–Trinajstić information content (AvgIpc) is 2.97. The summed E-state index contributed by atoms with van der Waals surface area (Å²) in [6.07, 6.45) is 3.95. The number of amides is 1. The van der Waals surface area contributed by atoms with Gasteiger partial charge in [0.2, 0.25) is 0 Å². The summed E-state index contributed by atoms with van der Waals surface area (Å²) in [5, 5.41) is 7.93. The molecule has 0 unspecified atom stereocenters. The van der Waals surface area contributed by atoms with Gasteiger partial charge in [-0.25, -0.2) is 15.3 Å². The maximum atomic E-state index is 12.3. The third kappa shape index (κ3) is 2.59. The van der Waals surface area contributed by atoms with Gasteiger partial charge in [0.1, 0.15) is 12.4 Å². The second kappa shape index (κ2) is 5.52. The van der Waals surface area contributed by atoms with E-state index in [4.69, 9.17) is 10.4 Å². The quantitative estimate of drug-likeness (QED) is 0.443. The molecule has 0 fully saturated rings. The van der Waals surface area contributed by atoms with Crippen LogP contribution in [-0.4, -0.2) is 25.4 Å². The molecular formula is C12H16N6O3. The number of carbonyl (C=O) groups excluding carboxylic acids is 1. The second-order valence-corrected chi connectivity index (χ2v) is 4.97. The molecule has 9 nitrogen and oxygen atoms in total. The van der Waals surface area contributed by atoms with E-state index in [2.05, 4.69) is 10.3 Å². The first-order chi connectivity index (χ1) is 10.2. The second-order valence-electron chi connectivity index (χ2n) is 4.97. The first kappa shape index (κ1) is 13.6. The van der Waals surface area contributed by atoms with E-state index in [1.807, 2.05) is 5.43 Å². The van der Waals surface area contributed by atoms with Gasteiger partial charge in [-0.1, -0.05) is 11.6 Å². The van der Waals surface area contributed by atoms with Gasteiger partial charge in [0.15, 0.2) is 11.5 Å². The number of nitrogens with zero attached hydrogens (tertiary/aromatic N) is 4. The Labute approximate surface area is 119 Å². The van der Waals surface area contributed by atoms with E-state index in [1.165, 1.54) is 10.7 Å². The number of nitrogens with two attached hydrogens (primary N) is 1. The molecule has 0 aliphatic carbocycles. The van der Waals surface area contributed by atoms with Gasteiger partial charge in [0.25, 0.3) is 5.91 Å². The predicted octanol–water partition coefficient (Wildman–Crippen LogP) is -0.589. The summed E-state index contributed by atoms with van der Waals surface area (Å²) in [5.41, 5.74) is 1.88. The van der Waals surface area contributed by atoms with Crippen LogP contribution in [-0.2, 0) is 19.5 Å². The molecule has 21 heavy (non-hydrogen) atoms. The fourth-order valence-corrected chi connectivity index (χ4v) is 2.44. The van der Waals surface area contributed by atoms with Gasteiger partial charge in [-0.05, 0) is 12.8 Å². The van der Waals surface area contributed by atoms with Gasteiger partial charge in [-0.3, -0.25) is 14.8 Å². The molecule has 0 spiro atoms. The van der Waals surface area contributed by atoms with Crippen LogP contribution in [0.3, 0.4) is 0 Å². The highest BCUT2D eigenvalue weighted by Crippen LogP contribution is 2.11. The molecule has 0 radical (unpaired) electrons. The number of fused-ring (bicyclic) bond motifs is 1. The molecule has 9 heteroatoms. The van der Waals surface area contributed by atoms with Crippen LogP contribution in [0.15, 0.2) is 15.4 Å². The number of hydrazine groups is 1. The molecule has 2 aromatic heterocycles. The van der Waals surface area contributed by atoms with E-state index in [-0.39, 0.29) is 17.9 Å². The molecule has 0 aromatic carbocycles. The Balaban J connectivity index is 1.84. The number of nitrogen functional groups attached to an aromatic ring is 1. The molecule has 0 saturated carbocycles. The van der Waals surface area contributed by atoms with Gasteiger partial charge in [0, 0.05) is 19.0 Å². The van der Waals surface area contributed by atoms with E-state index in [0.29, 0.717) is 12.3 Å². The number of rotatable bonds is 3. The Hall–Kier alpha value is -2.42. The Morgan fingerprint density at radius 3 is 3.10 bits per heavy atom. The van der Waals surface area contributed by atoms with E-state index in [9.17, 15) is 9.59 Å². The molecule has 1 amide bonds. The van der Waals surface area contributed by atoms with E-state index < -0.39 is 5.91 Å². The van der Waals surface area contributed by atoms with Crippen molar-refractivity contribution in [3.63, 3.8) is 0 Å². The van der Waals surface area contributed by atoms with Crippen LogP contribution in [0.2, 0.25) is 0 Å². The number of nitrogens with one attached hydrogen (secondary N) is 1. The van der Waals surface area contributed by atoms with Crippen LogP contribution in [0.25, 0.3) is 0 Å². The van der Waals surface area contributed by atoms with E-state index >= 15 is 0 Å². The summed E-state index contributed by atoms with van der Waals surface area (Å²) < 4.78 is 8.07. The molecule has 3 heterocycles. The predicted molar refractivity (Wildman–Crippen MR) is 71.3 cm³/mol. The molecule has 2 aromatic rings. The summed E-state index contributed by atoms with van der Waals surface area (Å²) in [5.74, 6) is 5.66. The Morgan fingerprint density at radius 2 is 2.29 bits per heavy atom. The lowest BCUT2D eigenvalue weighted by atomic mass is 10.2. The maximum absolute atomic E-state index is 12.3. The first-order valence-corrected chi connectivity index (χ1v) is 6.82. The molecule has 1 aliphatic rings. The summed E-state index contributed by atoms with van der Waals surface area (Å²) in [6, 6.07) is 1.44. The van der Waals surface area contributed by atoms with Gasteiger partial charge >= 0.3 is 5.69 Å². The molecule has 1 aliphatic heterocycles. The summed E-state index contributed by atoms with van der Waals surface area (Å²) in [4.78, 5) is 23.6. The third-order valence-electron chi connectivity index (χ3n) is 3.51. The normalized spacial score (nSPS) is 14.5. The lowest BCUT2D eigenvalue weighted by Gasteiger charge is -1.97. The van der Waals surface area contributed by atoms with Crippen molar-refractivity contribution < 1.29 is 9.32 Å². The van der Waals surface area contributed by atoms with Crippen LogP contribution in [0.4, 0.5) is 0 Å². The van der Waals surface area contributed by atoms with Crippen molar-refractivity contribution in [1.29, 1.82) is 0 Å². The van der Waals surface area contributed by atoms with Crippen molar-refractivity contribution in [3.8, 4) is 0 Å². The highest BCUT2D eigenvalue weighted by Gasteiger charge is 2.18. The number of carbonyl (C=O) groups is 1. The lowest BCUT2D eigenvalue weighted by molar-refractivity contribution is 0.0944. The topological polar surface area (TPSA) is 121 Å². The Morgan fingerprint density at radius 1 is 1.43 bits per heavy atom. The number of aromatic nitrogens is 4. The molecule has 0 bridgehead atoms. The number of hydrogen-bond donors (Lipinski definition) is 2. The SMILES string of the molecule is NNC(=O)c1cc(Cn2nc3n(c2=O)CCCCC3)on1. The minimum atomic E-state index is -0.544. The zero-order valence-corrected chi connectivity index (χ0v) is 11.4. The molecular weight excluding hydrogens is 276 g/mol. The van der Waals surface area contributed by atoms with Crippen LogP contribution in [0, 0.1) is 0 Å². The maximum Gasteiger partial charge on any atom is 0.346 e. The van der Waals surface area contributed by atoms with Gasteiger partial charge in [-0.15, -0.1) is 0 Å². The molecule has 0 atom stereocenters. The summed E-state index contributed by atoms with van der Waals surface area (Å²) in [7, 11) is 0. The largest absolute Gasteiger partial charge is 0.359 e. The van der Waals surface area contributed by atoms with Crippen molar-refractivity contribution in [3.05, 3.63) is 33.8 Å². The standard InChI is InChI=1S/C12H16N6O3/c13-14-11(19)9-6-8(21-16-9)7-18-12(20)17-5-3-1-2-4-10(17)15-18/h6H,1-5,7,13H2,(H,14,19). The highest BCUT2D eigenvalue weighted by atomic mass is 16.5. The van der Waals surface area contributed by atoms with Gasteiger partial charge in [-0.2, -0.15) is 5.10 Å². The monoisotopic (exact) mass is 292 g/mol. The molecule has 0 saturated heterocycles. The van der Waals surface area contributed by atoms with Gasteiger partial charge < -0.3 is 4.52 Å². The number of hydrogen-bond acceptors (Lipinski definition) is 6. The van der Waals surface area contributed by atoms with Crippen molar-refractivity contribution in [2.75, 3.05) is 0 Å². The minimum absolute atomic E-state index is 0.0707. The Kier molecular flexibility index (Phi) is 3.57. The van der Waals surface area contributed by atoms with Crippen LogP contribution < -0.4 is 17.0 Å². The van der Waals surface area contributed by atoms with Crippen molar-refractivity contribution in [2.24, 2.45) is 5.84 Å². The third-order valence-corrected chi connectivity index (χ3v) is 3.51. The van der Waals surface area contributed by atoms with E-state index in [1.54, 1.807) is 4.57 Å². The zero-order chi connectivity index (χ0) is 14.8. The summed E-state index contributed by atoms with van der Waals surface area (Å²) >= 11 is 0. The number of aryl methyl sites for hydroxylation is 1. The highest BCUT2D eigenvalue weighted by molar-refractivity contribution is 5.91. The van der Waals surface area contributed by atoms with Crippen molar-refractivity contribution in [2.45, 2.75) is 38.8 Å². The van der Waals surface area contributed by atoms with Crippen molar-refractivity contribution in [1.82, 2.24) is 24.9 Å². The fraction of sp³-hybridized carbons (Fsp3) is 0.500. The summed E-state index contributed by atoms with van der Waals surface area (Å²) in [6.45, 7) is 0.842.